The van der Waals surface area contributed by atoms with E-state index in [-0.39, 0.29) is 0 Å². The van der Waals surface area contributed by atoms with Crippen LogP contribution in [0.3, 0.4) is 0 Å². The SMILES string of the molecule is Cc1ccccc1CP. The van der Waals surface area contributed by atoms with E-state index in [1.165, 1.54) is 11.1 Å². The van der Waals surface area contributed by atoms with Crippen LogP contribution in [0.2, 0.25) is 0 Å². The zero-order valence-corrected chi connectivity index (χ0v) is 6.75. The molecule has 1 aromatic carbocycles. The van der Waals surface area contributed by atoms with Gasteiger partial charge < -0.3 is 0 Å². The quantitative estimate of drug-likeness (QED) is 0.522. The van der Waals surface area contributed by atoms with Crippen LogP contribution in [-0.4, -0.2) is 0 Å². The van der Waals surface area contributed by atoms with E-state index in [9.17, 15) is 0 Å². The first kappa shape index (κ1) is 6.77. The molecule has 0 radical (unpaired) electrons. The van der Waals surface area contributed by atoms with Gasteiger partial charge in [-0.05, 0) is 24.2 Å². The molecule has 0 saturated heterocycles. The zero-order chi connectivity index (χ0) is 6.69. The summed E-state index contributed by atoms with van der Waals surface area (Å²) in [6.45, 7) is 2.14. The fourth-order valence-electron chi connectivity index (χ4n) is 0.839. The molecule has 0 N–H and O–H groups in total. The highest BCUT2D eigenvalue weighted by Crippen LogP contribution is 2.09. The Labute approximate surface area is 58.5 Å². The van der Waals surface area contributed by atoms with Crippen LogP contribution < -0.4 is 0 Å². The molecule has 0 aromatic heterocycles. The van der Waals surface area contributed by atoms with E-state index < -0.39 is 0 Å². The Morgan fingerprint density at radius 2 is 2.00 bits per heavy atom. The lowest BCUT2D eigenvalue weighted by molar-refractivity contribution is 1.31. The molecule has 48 valence electrons. The second-order valence-corrected chi connectivity index (χ2v) is 2.54. The zero-order valence-electron chi connectivity index (χ0n) is 5.59. The highest BCUT2D eigenvalue weighted by molar-refractivity contribution is 7.15. The first-order chi connectivity index (χ1) is 4.34. The summed E-state index contributed by atoms with van der Waals surface area (Å²) >= 11 is 0. The molecule has 0 spiro atoms. The average Bonchev–Trinajstić information content (AvgIpc) is 1.89. The molecule has 0 aliphatic rings. The molecule has 1 heteroatoms. The maximum absolute atomic E-state index is 2.73. The van der Waals surface area contributed by atoms with E-state index >= 15 is 0 Å². The van der Waals surface area contributed by atoms with Gasteiger partial charge in [-0.15, -0.1) is 9.24 Å². The van der Waals surface area contributed by atoms with Crippen molar-refractivity contribution in [2.45, 2.75) is 13.1 Å². The number of hydrogen-bond donors (Lipinski definition) is 0. The molecule has 1 aromatic rings. The second kappa shape index (κ2) is 2.98. The maximum Gasteiger partial charge on any atom is -0.0126 e. The summed E-state index contributed by atoms with van der Waals surface area (Å²) in [5, 5.41) is 0. The van der Waals surface area contributed by atoms with E-state index in [0.717, 1.165) is 6.16 Å². The molecule has 9 heavy (non-hydrogen) atoms. The van der Waals surface area contributed by atoms with Gasteiger partial charge in [-0.2, -0.15) is 0 Å². The summed E-state index contributed by atoms with van der Waals surface area (Å²) in [4.78, 5) is 0. The van der Waals surface area contributed by atoms with Crippen molar-refractivity contribution in [1.82, 2.24) is 0 Å². The molecule has 0 fully saturated rings. The minimum absolute atomic E-state index is 1.06. The van der Waals surface area contributed by atoms with Crippen molar-refractivity contribution in [2.75, 3.05) is 0 Å². The van der Waals surface area contributed by atoms with Crippen molar-refractivity contribution in [3.63, 3.8) is 0 Å². The van der Waals surface area contributed by atoms with E-state index in [1.807, 2.05) is 0 Å². The van der Waals surface area contributed by atoms with Crippen LogP contribution in [-0.2, 0) is 6.16 Å². The third-order valence-electron chi connectivity index (χ3n) is 1.48. The number of hydrogen-bond acceptors (Lipinski definition) is 0. The second-order valence-electron chi connectivity index (χ2n) is 2.13. The van der Waals surface area contributed by atoms with Gasteiger partial charge in [0.25, 0.3) is 0 Å². The van der Waals surface area contributed by atoms with Gasteiger partial charge >= 0.3 is 0 Å². The molecule has 0 amide bonds. The summed E-state index contributed by atoms with van der Waals surface area (Å²) < 4.78 is 0. The molecular weight excluding hydrogens is 127 g/mol. The average molecular weight is 138 g/mol. The molecule has 0 saturated carbocycles. The lowest BCUT2D eigenvalue weighted by atomic mass is 10.1. The van der Waals surface area contributed by atoms with Gasteiger partial charge in [0.1, 0.15) is 0 Å². The van der Waals surface area contributed by atoms with Crippen molar-refractivity contribution in [3.05, 3.63) is 35.4 Å². The Morgan fingerprint density at radius 1 is 1.33 bits per heavy atom. The largest absolute Gasteiger partial charge is 0.133 e. The van der Waals surface area contributed by atoms with Crippen LogP contribution in [0.4, 0.5) is 0 Å². The van der Waals surface area contributed by atoms with Crippen LogP contribution in [0.5, 0.6) is 0 Å². The Bertz CT molecular complexity index is 194. The Balaban J connectivity index is 3.01. The van der Waals surface area contributed by atoms with E-state index in [4.69, 9.17) is 0 Å². The van der Waals surface area contributed by atoms with Gasteiger partial charge in [0.15, 0.2) is 0 Å². The molecule has 1 rings (SSSR count). The van der Waals surface area contributed by atoms with Crippen molar-refractivity contribution in [3.8, 4) is 0 Å². The van der Waals surface area contributed by atoms with E-state index in [1.54, 1.807) is 0 Å². The smallest absolute Gasteiger partial charge is 0.0126 e. The first-order valence-electron chi connectivity index (χ1n) is 3.09. The summed E-state index contributed by atoms with van der Waals surface area (Å²) in [7, 11) is 2.73. The number of rotatable bonds is 1. The van der Waals surface area contributed by atoms with Crippen molar-refractivity contribution < 1.29 is 0 Å². The molecule has 1 atom stereocenters. The molecular formula is C8H11P. The highest BCUT2D eigenvalue weighted by atomic mass is 31.0. The Hall–Kier alpha value is -0.350. The Morgan fingerprint density at radius 3 is 2.44 bits per heavy atom. The third-order valence-corrected chi connectivity index (χ3v) is 1.92. The maximum atomic E-state index is 2.73. The van der Waals surface area contributed by atoms with Crippen molar-refractivity contribution in [2.24, 2.45) is 0 Å². The van der Waals surface area contributed by atoms with Crippen molar-refractivity contribution >= 4 is 9.24 Å². The van der Waals surface area contributed by atoms with Gasteiger partial charge in [-0.3, -0.25) is 0 Å². The fourth-order valence-corrected chi connectivity index (χ4v) is 1.30. The summed E-state index contributed by atoms with van der Waals surface area (Å²) in [5.74, 6) is 0. The van der Waals surface area contributed by atoms with Crippen LogP contribution in [0.15, 0.2) is 24.3 Å². The van der Waals surface area contributed by atoms with Crippen molar-refractivity contribution in [1.29, 1.82) is 0 Å². The minimum atomic E-state index is 1.06. The van der Waals surface area contributed by atoms with Crippen LogP contribution in [0, 0.1) is 6.92 Å². The summed E-state index contributed by atoms with van der Waals surface area (Å²) in [6.07, 6.45) is 1.06. The number of benzene rings is 1. The van der Waals surface area contributed by atoms with E-state index in [2.05, 4.69) is 40.4 Å². The summed E-state index contributed by atoms with van der Waals surface area (Å²) in [5.41, 5.74) is 2.80. The highest BCUT2D eigenvalue weighted by Gasteiger charge is 1.89. The first-order valence-corrected chi connectivity index (χ1v) is 3.91. The normalized spacial score (nSPS) is 9.56. The molecule has 0 nitrogen and oxygen atoms in total. The fraction of sp³-hybridized carbons (Fsp3) is 0.250. The van der Waals surface area contributed by atoms with Crippen LogP contribution >= 0.6 is 9.24 Å². The van der Waals surface area contributed by atoms with Gasteiger partial charge in [0.2, 0.25) is 0 Å². The monoisotopic (exact) mass is 138 g/mol. The van der Waals surface area contributed by atoms with Crippen LogP contribution in [0.25, 0.3) is 0 Å². The van der Waals surface area contributed by atoms with Gasteiger partial charge in [0, 0.05) is 0 Å². The standard InChI is InChI=1S/C8H11P/c1-7-4-2-3-5-8(7)6-9/h2-5H,6,9H2,1H3. The summed E-state index contributed by atoms with van der Waals surface area (Å²) in [6, 6.07) is 8.44. The van der Waals surface area contributed by atoms with Crippen LogP contribution in [0.1, 0.15) is 11.1 Å². The molecule has 0 heterocycles. The molecule has 0 aliphatic heterocycles. The lowest BCUT2D eigenvalue weighted by Crippen LogP contribution is -1.80. The lowest BCUT2D eigenvalue weighted by Gasteiger charge is -1.98. The third kappa shape index (κ3) is 1.53. The predicted octanol–water partition coefficient (Wildman–Crippen LogP) is 2.37. The number of aryl methyl sites for hydroxylation is 1. The Kier molecular flexibility index (Phi) is 2.24. The van der Waals surface area contributed by atoms with Gasteiger partial charge in [-0.1, -0.05) is 24.3 Å². The van der Waals surface area contributed by atoms with Gasteiger partial charge in [-0.25, -0.2) is 0 Å². The van der Waals surface area contributed by atoms with Gasteiger partial charge in [0.05, 0.1) is 0 Å². The molecule has 0 aliphatic carbocycles. The molecule has 1 unspecified atom stereocenters. The predicted molar refractivity (Wildman–Crippen MR) is 44.6 cm³/mol. The minimum Gasteiger partial charge on any atom is -0.133 e. The topological polar surface area (TPSA) is 0 Å². The van der Waals surface area contributed by atoms with E-state index in [0.29, 0.717) is 0 Å². The molecule has 0 bridgehead atoms.